The molecule has 0 saturated heterocycles. The minimum Gasteiger partial charge on any atom is -0.236 e. The Hall–Kier alpha value is -1.49. The van der Waals surface area contributed by atoms with Crippen LogP contribution in [0.5, 0.6) is 0 Å². The number of benzene rings is 1. The quantitative estimate of drug-likeness (QED) is 0.290. The van der Waals surface area contributed by atoms with Crippen LogP contribution in [0.1, 0.15) is 63.9 Å². The third-order valence-corrected chi connectivity index (χ3v) is 5.08. The Morgan fingerprint density at radius 3 is 2.00 bits per heavy atom. The monoisotopic (exact) mass is 378 g/mol. The first-order valence-electron chi connectivity index (χ1n) is 9.55. The second-order valence-corrected chi connectivity index (χ2v) is 7.61. The molecule has 2 aromatic rings. The fourth-order valence-corrected chi connectivity index (χ4v) is 3.38. The Balaban J connectivity index is 1.72. The Morgan fingerprint density at radius 2 is 1.42 bits per heavy atom. The lowest BCUT2D eigenvalue weighted by Crippen LogP contribution is -1.93. The van der Waals surface area contributed by atoms with Crippen molar-refractivity contribution in [3.63, 3.8) is 0 Å². The largest absolute Gasteiger partial charge is 0.288 e. The molecule has 0 aliphatic rings. The van der Waals surface area contributed by atoms with E-state index < -0.39 is 5.76 Å². The zero-order valence-corrected chi connectivity index (χ0v) is 16.3. The first-order chi connectivity index (χ1) is 12.7. The number of alkyl halides is 2. The molecular formula is C21H28F2N2S. The molecule has 2 nitrogen and oxygen atoms in total. The molecule has 0 radical (unpaired) electrons. The molecule has 1 aromatic heterocycles. The molecule has 0 aliphatic heterocycles. The molecule has 0 unspecified atom stereocenters. The second kappa shape index (κ2) is 12.0. The molecule has 5 heteroatoms. The van der Waals surface area contributed by atoms with Crippen molar-refractivity contribution < 1.29 is 8.78 Å². The topological polar surface area (TPSA) is 25.8 Å². The smallest absolute Gasteiger partial charge is 0.236 e. The lowest BCUT2D eigenvalue weighted by Gasteiger charge is -2.05. The van der Waals surface area contributed by atoms with Crippen LogP contribution in [-0.4, -0.2) is 15.7 Å². The van der Waals surface area contributed by atoms with Gasteiger partial charge in [0.2, 0.25) is 0 Å². The van der Waals surface area contributed by atoms with E-state index in [1.807, 2.05) is 12.4 Å². The van der Waals surface area contributed by atoms with Gasteiger partial charge in [0.15, 0.2) is 5.82 Å². The average molecular weight is 379 g/mol. The molecule has 0 atom stereocenters. The number of hydrogen-bond donors (Lipinski definition) is 0. The third-order valence-electron chi connectivity index (χ3n) is 4.36. The Bertz CT molecular complexity index is 615. The van der Waals surface area contributed by atoms with Gasteiger partial charge in [0.05, 0.1) is 0 Å². The van der Waals surface area contributed by atoms with Crippen LogP contribution < -0.4 is 0 Å². The van der Waals surface area contributed by atoms with Gasteiger partial charge in [-0.3, -0.25) is 0 Å². The number of unbranched alkanes of at least 4 members (excludes halogenated alkanes) is 7. The van der Waals surface area contributed by atoms with Crippen LogP contribution in [0.2, 0.25) is 0 Å². The van der Waals surface area contributed by atoms with Crippen molar-refractivity contribution in [3.05, 3.63) is 42.2 Å². The first-order valence-corrected chi connectivity index (χ1v) is 10.4. The maximum absolute atomic E-state index is 12.3. The maximum atomic E-state index is 12.3. The highest BCUT2D eigenvalue weighted by Gasteiger charge is 2.06. The summed E-state index contributed by atoms with van der Waals surface area (Å²) in [4.78, 5) is 9.40. The maximum Gasteiger partial charge on any atom is 0.288 e. The Labute approximate surface area is 159 Å². The van der Waals surface area contributed by atoms with Crippen LogP contribution in [0, 0.1) is 0 Å². The van der Waals surface area contributed by atoms with Crippen molar-refractivity contribution >= 4 is 11.8 Å². The van der Waals surface area contributed by atoms with E-state index in [0.717, 1.165) is 17.5 Å². The molecule has 0 bridgehead atoms. The number of halogens is 2. The summed E-state index contributed by atoms with van der Waals surface area (Å²) >= 11 is 0.549. The molecule has 0 fully saturated rings. The van der Waals surface area contributed by atoms with E-state index in [0.29, 0.717) is 22.5 Å². The van der Waals surface area contributed by atoms with Gasteiger partial charge in [0, 0.05) is 22.9 Å². The van der Waals surface area contributed by atoms with Crippen molar-refractivity contribution in [3.8, 4) is 11.4 Å². The minimum absolute atomic E-state index is 0.549. The lowest BCUT2D eigenvalue weighted by molar-refractivity contribution is 0.252. The van der Waals surface area contributed by atoms with Crippen LogP contribution in [-0.2, 0) is 6.42 Å². The van der Waals surface area contributed by atoms with Crippen LogP contribution >= 0.6 is 11.8 Å². The van der Waals surface area contributed by atoms with Gasteiger partial charge in [-0.1, -0.05) is 75.8 Å². The molecule has 0 N–H and O–H groups in total. The van der Waals surface area contributed by atoms with Gasteiger partial charge < -0.3 is 0 Å². The van der Waals surface area contributed by atoms with E-state index in [1.54, 1.807) is 24.3 Å². The van der Waals surface area contributed by atoms with Gasteiger partial charge in [0.25, 0.3) is 5.76 Å². The van der Waals surface area contributed by atoms with E-state index in [2.05, 4.69) is 16.9 Å². The molecule has 2 rings (SSSR count). The molecule has 1 heterocycles. The minimum atomic E-state index is -2.40. The van der Waals surface area contributed by atoms with E-state index >= 15 is 0 Å². The average Bonchev–Trinajstić information content (AvgIpc) is 2.65. The SMILES string of the molecule is CCCCCCCCCCc1cnc(-c2ccc(SC(F)F)cc2)nc1. The van der Waals surface area contributed by atoms with Gasteiger partial charge in [0.1, 0.15) is 0 Å². The predicted octanol–water partition coefficient (Wildman–Crippen LogP) is 7.14. The molecule has 1 aromatic carbocycles. The fraction of sp³-hybridized carbons (Fsp3) is 0.524. The standard InChI is InChI=1S/C21H28F2N2S/c1-2-3-4-5-6-7-8-9-10-17-15-24-20(25-16-17)18-11-13-19(14-12-18)26-21(22)23/h11-16,21H,2-10H2,1H3. The third kappa shape index (κ3) is 7.81. The van der Waals surface area contributed by atoms with Gasteiger partial charge in [-0.2, -0.15) is 8.78 Å². The van der Waals surface area contributed by atoms with Crippen molar-refractivity contribution in [2.45, 2.75) is 75.4 Å². The van der Waals surface area contributed by atoms with Crippen molar-refractivity contribution in [1.29, 1.82) is 0 Å². The summed E-state index contributed by atoms with van der Waals surface area (Å²) in [6.45, 7) is 2.24. The van der Waals surface area contributed by atoms with Gasteiger partial charge in [-0.15, -0.1) is 0 Å². The van der Waals surface area contributed by atoms with E-state index in [4.69, 9.17) is 0 Å². The summed E-state index contributed by atoms with van der Waals surface area (Å²) in [5, 5.41) is 0. The Morgan fingerprint density at radius 1 is 0.846 bits per heavy atom. The summed E-state index contributed by atoms with van der Waals surface area (Å²) in [6.07, 6.45) is 15.3. The van der Waals surface area contributed by atoms with Crippen LogP contribution in [0.4, 0.5) is 8.78 Å². The summed E-state index contributed by atoms with van der Waals surface area (Å²) < 4.78 is 24.7. The zero-order valence-electron chi connectivity index (χ0n) is 15.5. The highest BCUT2D eigenvalue weighted by atomic mass is 32.2. The summed E-state index contributed by atoms with van der Waals surface area (Å²) in [6, 6.07) is 6.95. The molecule has 0 amide bonds. The fourth-order valence-electron chi connectivity index (χ4n) is 2.88. The highest BCUT2D eigenvalue weighted by molar-refractivity contribution is 7.99. The molecule has 0 aliphatic carbocycles. The van der Waals surface area contributed by atoms with E-state index in [-0.39, 0.29) is 0 Å². The predicted molar refractivity (Wildman–Crippen MR) is 106 cm³/mol. The summed E-state index contributed by atoms with van der Waals surface area (Å²) in [5.41, 5.74) is 2.01. The van der Waals surface area contributed by atoms with E-state index in [1.165, 1.54) is 51.4 Å². The number of aromatic nitrogens is 2. The molecule has 142 valence electrons. The van der Waals surface area contributed by atoms with Crippen LogP contribution in [0.3, 0.4) is 0 Å². The van der Waals surface area contributed by atoms with Gasteiger partial charge in [-0.05, 0) is 30.5 Å². The number of hydrogen-bond acceptors (Lipinski definition) is 3. The number of thioether (sulfide) groups is 1. The van der Waals surface area contributed by atoms with Crippen molar-refractivity contribution in [1.82, 2.24) is 9.97 Å². The summed E-state index contributed by atoms with van der Waals surface area (Å²) in [7, 11) is 0. The number of rotatable bonds is 12. The second-order valence-electron chi connectivity index (χ2n) is 6.54. The molecule has 0 spiro atoms. The van der Waals surface area contributed by atoms with E-state index in [9.17, 15) is 8.78 Å². The van der Waals surface area contributed by atoms with Gasteiger partial charge >= 0.3 is 0 Å². The lowest BCUT2D eigenvalue weighted by atomic mass is 10.1. The number of nitrogens with zero attached hydrogens (tertiary/aromatic N) is 2. The molecule has 0 saturated carbocycles. The van der Waals surface area contributed by atoms with Crippen LogP contribution in [0.25, 0.3) is 11.4 Å². The summed E-state index contributed by atoms with van der Waals surface area (Å²) in [5.74, 6) is -1.76. The Kier molecular flexibility index (Phi) is 9.61. The van der Waals surface area contributed by atoms with Crippen LogP contribution in [0.15, 0.2) is 41.6 Å². The highest BCUT2D eigenvalue weighted by Crippen LogP contribution is 2.27. The van der Waals surface area contributed by atoms with Crippen molar-refractivity contribution in [2.24, 2.45) is 0 Å². The molecular weight excluding hydrogens is 350 g/mol. The number of aryl methyl sites for hydroxylation is 1. The van der Waals surface area contributed by atoms with Gasteiger partial charge in [-0.25, -0.2) is 9.97 Å². The zero-order chi connectivity index (χ0) is 18.6. The normalized spacial score (nSPS) is 11.2. The van der Waals surface area contributed by atoms with Crippen molar-refractivity contribution in [2.75, 3.05) is 0 Å². The first kappa shape index (κ1) is 20.8. The molecule has 26 heavy (non-hydrogen) atoms.